The summed E-state index contributed by atoms with van der Waals surface area (Å²) in [4.78, 5) is 27.8. The average Bonchev–Trinajstić information content (AvgIpc) is 2.98. The smallest absolute Gasteiger partial charge is 0.433 e. The number of carbonyl (C=O) groups excluding carboxylic acids is 2. The van der Waals surface area contributed by atoms with Crippen molar-refractivity contribution in [3.05, 3.63) is 29.6 Å². The maximum Gasteiger partial charge on any atom is 0.433 e. The summed E-state index contributed by atoms with van der Waals surface area (Å²) in [6, 6.07) is 4.38. The fraction of sp³-hybridized carbons (Fsp3) is 0.742. The largest absolute Gasteiger partial charge is 0.493 e. The van der Waals surface area contributed by atoms with Crippen molar-refractivity contribution in [1.82, 2.24) is 15.1 Å². The van der Waals surface area contributed by atoms with Gasteiger partial charge in [-0.15, -0.1) is 0 Å². The number of nitrogens with zero attached hydrogens (tertiary/aromatic N) is 2. The Morgan fingerprint density at radius 3 is 2.36 bits per heavy atom. The van der Waals surface area contributed by atoms with Crippen LogP contribution in [0.25, 0.3) is 0 Å². The quantitative estimate of drug-likeness (QED) is 0.127. The van der Waals surface area contributed by atoms with Crippen LogP contribution in [-0.4, -0.2) is 138 Å². The molecule has 1 aromatic rings. The number of hydrogen-bond donors (Lipinski definition) is 5. The summed E-state index contributed by atoms with van der Waals surface area (Å²) in [6.45, 7) is 0.610. The van der Waals surface area contributed by atoms with Crippen molar-refractivity contribution in [3.8, 4) is 5.75 Å². The Kier molecular flexibility index (Phi) is 13.1. The number of piperidine rings is 1. The van der Waals surface area contributed by atoms with Gasteiger partial charge in [0, 0.05) is 57.7 Å². The van der Waals surface area contributed by atoms with Crippen molar-refractivity contribution in [2.45, 2.75) is 68.6 Å². The van der Waals surface area contributed by atoms with Gasteiger partial charge in [-0.2, -0.15) is 13.2 Å². The molecule has 0 bridgehead atoms. The third-order valence-electron chi connectivity index (χ3n) is 9.00. The predicted molar refractivity (Wildman–Crippen MR) is 158 cm³/mol. The Morgan fingerprint density at radius 1 is 1.06 bits per heavy atom. The van der Waals surface area contributed by atoms with Crippen LogP contribution in [0.3, 0.4) is 0 Å². The number of rotatable bonds is 16. The van der Waals surface area contributed by atoms with Crippen LogP contribution in [0.5, 0.6) is 5.75 Å². The summed E-state index contributed by atoms with van der Waals surface area (Å²) in [7, 11) is 0. The first-order valence-corrected chi connectivity index (χ1v) is 16.0. The second-order valence-electron chi connectivity index (χ2n) is 12.7. The summed E-state index contributed by atoms with van der Waals surface area (Å²) in [5.41, 5.74) is -2.31. The van der Waals surface area contributed by atoms with Gasteiger partial charge in [-0.05, 0) is 43.2 Å². The standard InChI is InChI=1S/C31H45F4N3O9/c32-25-12-24(46-9-1-2-20-5-7-37(8-6-20)29(44)47-30(18-45-19-30)31(33,34)35)4-3-22(25)10-28(43)38-15-21(16-38)13-36-14-27(42)26(41)11-23(40)17-39/h3-4,12,20-21,23,26-27,36,39-42H,1-2,5-11,13-19H2/t23?,26-,27-/m0/s1. The van der Waals surface area contributed by atoms with E-state index in [4.69, 9.17) is 14.6 Å². The predicted octanol–water partition coefficient (Wildman–Crippen LogP) is 1.22. The molecule has 1 unspecified atom stereocenters. The minimum absolute atomic E-state index is 0.0922. The number of benzene rings is 1. The summed E-state index contributed by atoms with van der Waals surface area (Å²) >= 11 is 0. The van der Waals surface area contributed by atoms with Crippen LogP contribution in [0, 0.1) is 17.7 Å². The van der Waals surface area contributed by atoms with Crippen molar-refractivity contribution < 1.29 is 61.8 Å². The molecular weight excluding hydrogens is 634 g/mol. The van der Waals surface area contributed by atoms with E-state index in [9.17, 15) is 42.5 Å². The molecule has 12 nitrogen and oxygen atoms in total. The first-order valence-electron chi connectivity index (χ1n) is 16.0. The molecule has 0 aromatic heterocycles. The van der Waals surface area contributed by atoms with Gasteiger partial charge in [0.15, 0.2) is 0 Å². The zero-order valence-electron chi connectivity index (χ0n) is 26.2. The SMILES string of the molecule is O=C(Cc1ccc(OCCCC2CCN(C(=O)OC3(C(F)(F)F)COC3)CC2)cc1F)N1CC(CNC[C@H](O)[C@@H](O)CC(O)CO)C1. The highest BCUT2D eigenvalue weighted by Crippen LogP contribution is 2.40. The van der Waals surface area contributed by atoms with Crippen LogP contribution in [-0.2, 0) is 20.7 Å². The molecule has 16 heteroatoms. The highest BCUT2D eigenvalue weighted by molar-refractivity contribution is 5.79. The molecule has 3 saturated heterocycles. The number of nitrogens with one attached hydrogen (secondary N) is 1. The lowest BCUT2D eigenvalue weighted by Gasteiger charge is -2.43. The number of carbonyl (C=O) groups is 2. The summed E-state index contributed by atoms with van der Waals surface area (Å²) in [5, 5.41) is 41.0. The zero-order chi connectivity index (χ0) is 34.2. The third kappa shape index (κ3) is 10.1. The van der Waals surface area contributed by atoms with Crippen LogP contribution in [0.15, 0.2) is 18.2 Å². The zero-order valence-corrected chi connectivity index (χ0v) is 26.2. The molecule has 2 amide bonds. The van der Waals surface area contributed by atoms with E-state index in [2.05, 4.69) is 10.1 Å². The van der Waals surface area contributed by atoms with Gasteiger partial charge < -0.3 is 49.8 Å². The van der Waals surface area contributed by atoms with E-state index in [1.807, 2.05) is 0 Å². The maximum atomic E-state index is 14.7. The molecule has 3 heterocycles. The molecule has 5 N–H and O–H groups in total. The number of likely N-dealkylation sites (tertiary alicyclic amines) is 2. The number of hydrogen-bond acceptors (Lipinski definition) is 10. The minimum atomic E-state index is -4.69. The highest BCUT2D eigenvalue weighted by atomic mass is 19.4. The Bertz CT molecular complexity index is 1180. The Morgan fingerprint density at radius 2 is 1.77 bits per heavy atom. The molecule has 0 spiro atoms. The fourth-order valence-corrected chi connectivity index (χ4v) is 5.79. The van der Waals surface area contributed by atoms with Crippen molar-refractivity contribution in [1.29, 1.82) is 0 Å². The lowest BCUT2D eigenvalue weighted by Crippen LogP contribution is -2.64. The average molecular weight is 680 g/mol. The first-order chi connectivity index (χ1) is 22.3. The number of aliphatic hydroxyl groups is 4. The molecule has 0 saturated carbocycles. The monoisotopic (exact) mass is 679 g/mol. The molecule has 47 heavy (non-hydrogen) atoms. The van der Waals surface area contributed by atoms with Crippen LogP contribution in [0.1, 0.15) is 37.7 Å². The van der Waals surface area contributed by atoms with E-state index < -0.39 is 61.8 Å². The number of halogens is 4. The normalized spacial score (nSPS) is 20.6. The van der Waals surface area contributed by atoms with E-state index in [1.165, 1.54) is 17.0 Å². The highest BCUT2D eigenvalue weighted by Gasteiger charge is 2.64. The number of ether oxygens (including phenoxy) is 3. The molecule has 4 rings (SSSR count). The summed E-state index contributed by atoms with van der Waals surface area (Å²) < 4.78 is 69.6. The lowest BCUT2D eigenvalue weighted by atomic mass is 9.92. The van der Waals surface area contributed by atoms with Gasteiger partial charge in [0.05, 0.1) is 51.2 Å². The maximum absolute atomic E-state index is 14.7. The molecule has 0 radical (unpaired) electrons. The minimum Gasteiger partial charge on any atom is -0.493 e. The van der Waals surface area contributed by atoms with Crippen LogP contribution in [0.2, 0.25) is 0 Å². The van der Waals surface area contributed by atoms with E-state index >= 15 is 0 Å². The fourth-order valence-electron chi connectivity index (χ4n) is 5.79. The summed E-state index contributed by atoms with van der Waals surface area (Å²) in [5.74, 6) is -0.00510. The van der Waals surface area contributed by atoms with Gasteiger partial charge in [-0.3, -0.25) is 4.79 Å². The molecule has 3 atom stereocenters. The Balaban J connectivity index is 1.07. The van der Waals surface area contributed by atoms with E-state index in [-0.39, 0.29) is 42.7 Å². The third-order valence-corrected chi connectivity index (χ3v) is 9.00. The van der Waals surface area contributed by atoms with Gasteiger partial charge in [0.2, 0.25) is 5.91 Å². The van der Waals surface area contributed by atoms with Crippen LogP contribution in [0.4, 0.5) is 22.4 Å². The van der Waals surface area contributed by atoms with Gasteiger partial charge in [0.1, 0.15) is 11.6 Å². The Labute approximate surface area is 270 Å². The van der Waals surface area contributed by atoms with Gasteiger partial charge in [-0.25, -0.2) is 9.18 Å². The van der Waals surface area contributed by atoms with E-state index in [1.54, 1.807) is 11.0 Å². The van der Waals surface area contributed by atoms with Crippen LogP contribution < -0.4 is 10.1 Å². The van der Waals surface area contributed by atoms with E-state index in [0.717, 1.165) is 6.42 Å². The second kappa shape index (κ2) is 16.6. The van der Waals surface area contributed by atoms with E-state index in [0.29, 0.717) is 64.3 Å². The van der Waals surface area contributed by atoms with Gasteiger partial charge in [-0.1, -0.05) is 6.07 Å². The lowest BCUT2D eigenvalue weighted by molar-refractivity contribution is -0.333. The number of amides is 2. The van der Waals surface area contributed by atoms with Crippen LogP contribution >= 0.6 is 0 Å². The van der Waals surface area contributed by atoms with Gasteiger partial charge >= 0.3 is 12.3 Å². The first kappa shape index (κ1) is 37.1. The number of alkyl halides is 3. The Hall–Kier alpha value is -2.76. The van der Waals surface area contributed by atoms with Crippen molar-refractivity contribution in [2.24, 2.45) is 11.8 Å². The number of aliphatic hydroxyl groups excluding tert-OH is 4. The molecule has 3 fully saturated rings. The molecule has 3 aliphatic rings. The van der Waals surface area contributed by atoms with Gasteiger partial charge in [0.25, 0.3) is 5.60 Å². The molecule has 3 aliphatic heterocycles. The molecular formula is C31H45F4N3O9. The molecule has 266 valence electrons. The molecule has 0 aliphatic carbocycles. The van der Waals surface area contributed by atoms with Crippen molar-refractivity contribution >= 4 is 12.0 Å². The topological polar surface area (TPSA) is 161 Å². The van der Waals surface area contributed by atoms with Crippen molar-refractivity contribution in [3.63, 3.8) is 0 Å². The summed E-state index contributed by atoms with van der Waals surface area (Å²) in [6.07, 6.45) is -6.59. The second-order valence-corrected chi connectivity index (χ2v) is 12.7. The van der Waals surface area contributed by atoms with Crippen molar-refractivity contribution in [2.75, 3.05) is 65.7 Å². The molecule has 1 aromatic carbocycles.